The lowest BCUT2D eigenvalue weighted by Crippen LogP contribution is -2.36. The minimum atomic E-state index is -3.76. The minimum Gasteiger partial charge on any atom is -0.454 e. The van der Waals surface area contributed by atoms with Gasteiger partial charge in [-0.1, -0.05) is 36.4 Å². The molecule has 1 N–H and O–H groups in total. The van der Waals surface area contributed by atoms with E-state index in [0.29, 0.717) is 27.9 Å². The van der Waals surface area contributed by atoms with E-state index in [-0.39, 0.29) is 30.2 Å². The standard InChI is InChI=1S/C27H25N3O5S2/c1-18(2)30(15-19-7-4-3-5-8-19)37(32,33)21-13-11-20(12-14-21)26(31)29-27-28-23(16-36-27)22-9-6-10-24-25(22)35-17-34-24/h3-14,16,18H,15,17H2,1-2H3,(H,28,29,31). The average Bonchev–Trinajstić information content (AvgIpc) is 3.57. The summed E-state index contributed by atoms with van der Waals surface area (Å²) in [6.45, 7) is 4.10. The Hall–Kier alpha value is -3.73. The van der Waals surface area contributed by atoms with E-state index in [1.165, 1.54) is 39.9 Å². The second-order valence-corrected chi connectivity index (χ2v) is 11.4. The van der Waals surface area contributed by atoms with Crippen molar-refractivity contribution in [3.8, 4) is 22.8 Å². The van der Waals surface area contributed by atoms with Gasteiger partial charge >= 0.3 is 0 Å². The van der Waals surface area contributed by atoms with Crippen LogP contribution in [0.5, 0.6) is 11.5 Å². The van der Waals surface area contributed by atoms with Crippen LogP contribution in [0.25, 0.3) is 11.3 Å². The molecule has 37 heavy (non-hydrogen) atoms. The van der Waals surface area contributed by atoms with Crippen LogP contribution < -0.4 is 14.8 Å². The maximum Gasteiger partial charge on any atom is 0.257 e. The number of fused-ring (bicyclic) bond motifs is 1. The third kappa shape index (κ3) is 5.22. The highest BCUT2D eigenvalue weighted by molar-refractivity contribution is 7.89. The number of carbonyl (C=O) groups is 1. The summed E-state index contributed by atoms with van der Waals surface area (Å²) < 4.78 is 39.1. The van der Waals surface area contributed by atoms with Gasteiger partial charge in [0.05, 0.1) is 10.6 Å². The second kappa shape index (κ2) is 10.3. The number of nitrogens with zero attached hydrogens (tertiary/aromatic N) is 2. The predicted octanol–water partition coefficient (Wildman–Crippen LogP) is 5.39. The number of carbonyl (C=O) groups excluding carboxylic acids is 1. The number of para-hydroxylation sites is 1. The molecule has 1 aliphatic rings. The normalized spacial score (nSPS) is 12.8. The van der Waals surface area contributed by atoms with E-state index < -0.39 is 10.0 Å². The minimum absolute atomic E-state index is 0.130. The van der Waals surface area contributed by atoms with Crippen molar-refractivity contribution in [1.82, 2.24) is 9.29 Å². The van der Waals surface area contributed by atoms with Gasteiger partial charge in [0.2, 0.25) is 16.8 Å². The zero-order chi connectivity index (χ0) is 26.0. The van der Waals surface area contributed by atoms with Gasteiger partial charge in [-0.25, -0.2) is 13.4 Å². The average molecular weight is 536 g/mol. The van der Waals surface area contributed by atoms with Gasteiger partial charge in [-0.3, -0.25) is 10.1 Å². The predicted molar refractivity (Wildman–Crippen MR) is 142 cm³/mol. The molecule has 2 heterocycles. The quantitative estimate of drug-likeness (QED) is 0.325. The van der Waals surface area contributed by atoms with Gasteiger partial charge in [-0.05, 0) is 55.8 Å². The number of thiazole rings is 1. The Balaban J connectivity index is 1.30. The zero-order valence-electron chi connectivity index (χ0n) is 20.2. The van der Waals surface area contributed by atoms with Crippen LogP contribution in [0.15, 0.2) is 83.1 Å². The molecule has 1 aromatic heterocycles. The fourth-order valence-corrected chi connectivity index (χ4v) is 6.31. The molecule has 4 aromatic rings. The Morgan fingerprint density at radius 3 is 2.51 bits per heavy atom. The number of benzene rings is 3. The van der Waals surface area contributed by atoms with E-state index in [1.54, 1.807) is 0 Å². The Kier molecular flexibility index (Phi) is 6.96. The molecule has 0 saturated heterocycles. The number of sulfonamides is 1. The van der Waals surface area contributed by atoms with Crippen molar-refractivity contribution in [3.05, 3.63) is 89.3 Å². The zero-order valence-corrected chi connectivity index (χ0v) is 21.9. The first-order valence-corrected chi connectivity index (χ1v) is 14.0. The monoisotopic (exact) mass is 535 g/mol. The van der Waals surface area contributed by atoms with Crippen LogP contribution in [-0.4, -0.2) is 36.4 Å². The lowest BCUT2D eigenvalue weighted by atomic mass is 10.1. The SMILES string of the molecule is CC(C)N(Cc1ccccc1)S(=O)(=O)c1ccc(C(=O)Nc2nc(-c3cccc4c3OCO4)cs2)cc1. The number of anilines is 1. The second-order valence-electron chi connectivity index (χ2n) is 8.69. The Bertz CT molecular complexity index is 1520. The molecule has 0 fully saturated rings. The van der Waals surface area contributed by atoms with Crippen molar-refractivity contribution in [2.75, 3.05) is 12.1 Å². The van der Waals surface area contributed by atoms with Crippen molar-refractivity contribution in [2.24, 2.45) is 0 Å². The van der Waals surface area contributed by atoms with E-state index in [0.717, 1.165) is 11.1 Å². The van der Waals surface area contributed by atoms with E-state index in [1.807, 2.05) is 67.8 Å². The smallest absolute Gasteiger partial charge is 0.257 e. The molecule has 1 aliphatic heterocycles. The van der Waals surface area contributed by atoms with Crippen LogP contribution in [0, 0.1) is 0 Å². The summed E-state index contributed by atoms with van der Waals surface area (Å²) in [6, 6.07) is 20.7. The number of ether oxygens (including phenoxy) is 2. The van der Waals surface area contributed by atoms with Crippen LogP contribution in [-0.2, 0) is 16.6 Å². The molecule has 5 rings (SSSR count). The Morgan fingerprint density at radius 2 is 1.78 bits per heavy atom. The molecule has 0 spiro atoms. The van der Waals surface area contributed by atoms with E-state index in [9.17, 15) is 13.2 Å². The summed E-state index contributed by atoms with van der Waals surface area (Å²) in [7, 11) is -3.76. The molecular formula is C27H25N3O5S2. The molecule has 0 aliphatic carbocycles. The van der Waals surface area contributed by atoms with Gasteiger partial charge in [0.1, 0.15) is 0 Å². The summed E-state index contributed by atoms with van der Waals surface area (Å²) in [6.07, 6.45) is 0. The first-order valence-electron chi connectivity index (χ1n) is 11.6. The third-order valence-corrected chi connectivity index (χ3v) is 8.67. The van der Waals surface area contributed by atoms with Gasteiger partial charge in [0.15, 0.2) is 16.6 Å². The number of hydrogen-bond donors (Lipinski definition) is 1. The number of nitrogens with one attached hydrogen (secondary N) is 1. The van der Waals surface area contributed by atoms with Crippen LogP contribution >= 0.6 is 11.3 Å². The molecule has 10 heteroatoms. The van der Waals surface area contributed by atoms with Crippen LogP contribution in [0.2, 0.25) is 0 Å². The number of aromatic nitrogens is 1. The molecule has 0 bridgehead atoms. The molecule has 0 atom stereocenters. The summed E-state index contributed by atoms with van der Waals surface area (Å²) >= 11 is 1.29. The molecule has 0 unspecified atom stereocenters. The molecular weight excluding hydrogens is 510 g/mol. The lowest BCUT2D eigenvalue weighted by Gasteiger charge is -2.26. The number of amides is 1. The van der Waals surface area contributed by atoms with Gasteiger partial charge < -0.3 is 9.47 Å². The highest BCUT2D eigenvalue weighted by Crippen LogP contribution is 2.41. The highest BCUT2D eigenvalue weighted by Gasteiger charge is 2.27. The summed E-state index contributed by atoms with van der Waals surface area (Å²) in [5, 5.41) is 5.03. The largest absolute Gasteiger partial charge is 0.454 e. The van der Waals surface area contributed by atoms with E-state index in [4.69, 9.17) is 9.47 Å². The fraction of sp³-hybridized carbons (Fsp3) is 0.185. The van der Waals surface area contributed by atoms with Gasteiger partial charge in [-0.15, -0.1) is 11.3 Å². The summed E-state index contributed by atoms with van der Waals surface area (Å²) in [5.74, 6) is 0.906. The van der Waals surface area contributed by atoms with Crippen LogP contribution in [0.1, 0.15) is 29.8 Å². The molecule has 190 valence electrons. The van der Waals surface area contributed by atoms with Crippen molar-refractivity contribution in [2.45, 2.75) is 31.3 Å². The number of rotatable bonds is 8. The maximum atomic E-state index is 13.4. The molecule has 0 saturated carbocycles. The van der Waals surface area contributed by atoms with E-state index >= 15 is 0 Å². The molecule has 0 radical (unpaired) electrons. The highest BCUT2D eigenvalue weighted by atomic mass is 32.2. The Morgan fingerprint density at radius 1 is 1.03 bits per heavy atom. The van der Waals surface area contributed by atoms with Crippen molar-refractivity contribution in [3.63, 3.8) is 0 Å². The lowest BCUT2D eigenvalue weighted by molar-refractivity contribution is 0.102. The molecule has 1 amide bonds. The summed E-state index contributed by atoms with van der Waals surface area (Å²) in [4.78, 5) is 17.5. The number of hydrogen-bond acceptors (Lipinski definition) is 7. The van der Waals surface area contributed by atoms with Crippen molar-refractivity contribution >= 4 is 32.4 Å². The Labute approximate surface area is 219 Å². The van der Waals surface area contributed by atoms with Crippen LogP contribution in [0.4, 0.5) is 5.13 Å². The third-order valence-electron chi connectivity index (χ3n) is 5.88. The summed E-state index contributed by atoms with van der Waals surface area (Å²) in [5.41, 5.74) is 2.67. The fourth-order valence-electron chi connectivity index (χ4n) is 3.98. The first kappa shape index (κ1) is 24.9. The van der Waals surface area contributed by atoms with Gasteiger partial charge in [-0.2, -0.15) is 4.31 Å². The first-order chi connectivity index (χ1) is 17.8. The molecule has 3 aromatic carbocycles. The van der Waals surface area contributed by atoms with E-state index in [2.05, 4.69) is 10.3 Å². The topological polar surface area (TPSA) is 97.8 Å². The van der Waals surface area contributed by atoms with Crippen molar-refractivity contribution < 1.29 is 22.7 Å². The van der Waals surface area contributed by atoms with Crippen molar-refractivity contribution in [1.29, 1.82) is 0 Å². The molecule has 8 nitrogen and oxygen atoms in total. The van der Waals surface area contributed by atoms with Gasteiger partial charge in [0.25, 0.3) is 5.91 Å². The van der Waals surface area contributed by atoms with Crippen LogP contribution in [0.3, 0.4) is 0 Å². The maximum absolute atomic E-state index is 13.4. The van der Waals surface area contributed by atoms with Gasteiger partial charge in [0, 0.05) is 29.1 Å².